The number of carbonyl (C=O) groups excluding carboxylic acids is 1. The first-order valence-corrected chi connectivity index (χ1v) is 9.32. The third-order valence-electron chi connectivity index (χ3n) is 3.79. The molecule has 4 N–H and O–H groups in total. The molecule has 0 aromatic heterocycles. The van der Waals surface area contributed by atoms with Gasteiger partial charge in [0, 0.05) is 5.97 Å². The minimum atomic E-state index is -1.22. The van der Waals surface area contributed by atoms with Crippen molar-refractivity contribution in [3.8, 4) is 0 Å². The van der Waals surface area contributed by atoms with E-state index in [4.69, 9.17) is 10.2 Å². The smallest absolute Gasteiger partial charge is 0.151 e. The van der Waals surface area contributed by atoms with Crippen LogP contribution in [0, 0.1) is 0 Å². The third-order valence-corrected chi connectivity index (χ3v) is 3.79. The van der Waals surface area contributed by atoms with Crippen LogP contribution in [0.1, 0.15) is 64.2 Å². The van der Waals surface area contributed by atoms with Gasteiger partial charge in [-0.3, -0.25) is 0 Å². The lowest BCUT2D eigenvalue weighted by Gasteiger charge is -2.05. The van der Waals surface area contributed by atoms with Gasteiger partial charge in [0.1, 0.15) is 0 Å². The number of unbranched alkanes of at least 4 members (excludes halogenated alkanes) is 2. The molecule has 0 aromatic rings. The monoisotopic (exact) mass is 369 g/mol. The molecule has 0 aliphatic rings. The van der Waals surface area contributed by atoms with E-state index >= 15 is 0 Å². The Hall–Kier alpha value is -1.47. The van der Waals surface area contributed by atoms with Gasteiger partial charge in [-0.25, -0.2) is 0 Å². The fourth-order valence-corrected chi connectivity index (χ4v) is 2.29. The summed E-state index contributed by atoms with van der Waals surface area (Å²) in [6.07, 6.45) is 14.4. The summed E-state index contributed by atoms with van der Waals surface area (Å²) in [5.41, 5.74) is 0. The number of aliphatic carboxylic acids is 1. The van der Waals surface area contributed by atoms with Crippen molar-refractivity contribution in [1.82, 2.24) is 0 Å². The highest BCUT2D eigenvalue weighted by atomic mass is 16.5. The van der Waals surface area contributed by atoms with Gasteiger partial charge in [-0.15, -0.1) is 0 Å². The minimum Gasteiger partial charge on any atom is -0.550 e. The van der Waals surface area contributed by atoms with Gasteiger partial charge in [-0.2, -0.15) is 0 Å². The Kier molecular flexibility index (Phi) is 16.0. The maximum absolute atomic E-state index is 10.3. The van der Waals surface area contributed by atoms with Crippen LogP contribution in [0.25, 0.3) is 0 Å². The number of rotatable bonds is 16. The molecule has 0 saturated carbocycles. The van der Waals surface area contributed by atoms with Crippen molar-refractivity contribution in [3.05, 3.63) is 36.5 Å². The van der Waals surface area contributed by atoms with Crippen molar-refractivity contribution in [1.29, 1.82) is 0 Å². The molecule has 150 valence electrons. The number of aliphatic hydroxyl groups is 4. The van der Waals surface area contributed by atoms with Crippen molar-refractivity contribution >= 4 is 5.97 Å². The topological polar surface area (TPSA) is 121 Å². The van der Waals surface area contributed by atoms with E-state index in [1.54, 1.807) is 18.2 Å². The molecule has 6 heteroatoms. The molecule has 0 radical (unpaired) electrons. The molecule has 0 heterocycles. The van der Waals surface area contributed by atoms with Crippen LogP contribution in [0.5, 0.6) is 0 Å². The molecule has 0 unspecified atom stereocenters. The lowest BCUT2D eigenvalue weighted by Crippen LogP contribution is -2.22. The molecule has 2 atom stereocenters. The fourth-order valence-electron chi connectivity index (χ4n) is 2.29. The lowest BCUT2D eigenvalue weighted by molar-refractivity contribution is -0.305. The van der Waals surface area contributed by atoms with Gasteiger partial charge >= 0.3 is 0 Å². The number of hydrogen-bond donors (Lipinski definition) is 4. The van der Waals surface area contributed by atoms with E-state index in [-0.39, 0.29) is 6.42 Å². The molecule has 0 rings (SSSR count). The zero-order valence-electron chi connectivity index (χ0n) is 15.4. The second-order valence-electron chi connectivity index (χ2n) is 6.35. The summed E-state index contributed by atoms with van der Waals surface area (Å²) >= 11 is 0. The van der Waals surface area contributed by atoms with Crippen LogP contribution < -0.4 is 5.11 Å². The predicted molar refractivity (Wildman–Crippen MR) is 98.8 cm³/mol. The van der Waals surface area contributed by atoms with Crippen molar-refractivity contribution in [2.75, 3.05) is 0 Å². The van der Waals surface area contributed by atoms with E-state index in [9.17, 15) is 20.1 Å². The summed E-state index contributed by atoms with van der Waals surface area (Å²) in [5.74, 6) is -1.10. The Morgan fingerprint density at radius 1 is 0.846 bits per heavy atom. The average Bonchev–Trinajstić information content (AvgIpc) is 2.56. The van der Waals surface area contributed by atoms with Gasteiger partial charge in [-0.1, -0.05) is 36.5 Å². The second-order valence-corrected chi connectivity index (χ2v) is 6.35. The highest BCUT2D eigenvalue weighted by Crippen LogP contribution is 2.07. The summed E-state index contributed by atoms with van der Waals surface area (Å²) in [7, 11) is 0. The van der Waals surface area contributed by atoms with Gasteiger partial charge in [0.05, 0.1) is 12.2 Å². The maximum Gasteiger partial charge on any atom is 0.151 e. The summed E-state index contributed by atoms with van der Waals surface area (Å²) in [5, 5.41) is 47.1. The van der Waals surface area contributed by atoms with Crippen LogP contribution in [0.15, 0.2) is 36.5 Å². The Balaban J connectivity index is 3.64. The van der Waals surface area contributed by atoms with Crippen LogP contribution in [0.2, 0.25) is 0 Å². The molecule has 0 aromatic carbocycles. The quantitative estimate of drug-likeness (QED) is 0.141. The number of allylic oxidation sites excluding steroid dienone is 4. The highest BCUT2D eigenvalue weighted by Gasteiger charge is 2.00. The fraction of sp³-hybridized carbons (Fsp3) is 0.650. The van der Waals surface area contributed by atoms with E-state index in [0.717, 1.165) is 25.7 Å². The van der Waals surface area contributed by atoms with Crippen LogP contribution in [-0.4, -0.2) is 44.9 Å². The van der Waals surface area contributed by atoms with Gasteiger partial charge in [0.15, 0.2) is 6.29 Å². The largest absolute Gasteiger partial charge is 0.550 e. The Morgan fingerprint density at radius 2 is 1.62 bits per heavy atom. The maximum atomic E-state index is 10.3. The highest BCUT2D eigenvalue weighted by molar-refractivity contribution is 5.64. The molecule has 0 aliphatic carbocycles. The van der Waals surface area contributed by atoms with Gasteiger partial charge in [0.2, 0.25) is 0 Å². The van der Waals surface area contributed by atoms with Gasteiger partial charge < -0.3 is 30.3 Å². The Bertz CT molecular complexity index is 428. The molecule has 26 heavy (non-hydrogen) atoms. The van der Waals surface area contributed by atoms with Crippen molar-refractivity contribution in [3.63, 3.8) is 0 Å². The molecule has 0 bridgehead atoms. The number of carboxylic acids is 1. The predicted octanol–water partition coefficient (Wildman–Crippen LogP) is 1.34. The molecular formula is C20H33O6-. The van der Waals surface area contributed by atoms with Gasteiger partial charge in [-0.05, 0) is 64.2 Å². The zero-order chi connectivity index (χ0) is 19.6. The lowest BCUT2D eigenvalue weighted by atomic mass is 10.1. The molecule has 0 fully saturated rings. The summed E-state index contributed by atoms with van der Waals surface area (Å²) in [6, 6.07) is 0. The average molecular weight is 369 g/mol. The van der Waals surface area contributed by atoms with E-state index in [1.807, 2.05) is 18.2 Å². The van der Waals surface area contributed by atoms with Crippen LogP contribution >= 0.6 is 0 Å². The van der Waals surface area contributed by atoms with E-state index in [2.05, 4.69) is 0 Å². The molecule has 0 amide bonds. The summed E-state index contributed by atoms with van der Waals surface area (Å²) < 4.78 is 0. The molecule has 0 saturated heterocycles. The minimum absolute atomic E-state index is 0.0428. The first-order valence-electron chi connectivity index (χ1n) is 9.32. The Morgan fingerprint density at radius 3 is 2.31 bits per heavy atom. The Labute approximate surface area is 156 Å². The second kappa shape index (κ2) is 17.0. The van der Waals surface area contributed by atoms with E-state index in [0.29, 0.717) is 32.1 Å². The molecule has 0 spiro atoms. The number of aliphatic hydroxyl groups excluding tert-OH is 3. The molecule has 0 aliphatic heterocycles. The summed E-state index contributed by atoms with van der Waals surface area (Å²) in [4.78, 5) is 10.3. The molecule has 6 nitrogen and oxygen atoms in total. The first kappa shape index (κ1) is 24.5. The van der Waals surface area contributed by atoms with Crippen LogP contribution in [0.4, 0.5) is 0 Å². The van der Waals surface area contributed by atoms with Crippen LogP contribution in [0.3, 0.4) is 0 Å². The van der Waals surface area contributed by atoms with Crippen LogP contribution in [-0.2, 0) is 4.79 Å². The number of carbonyl (C=O) groups is 1. The molecular weight excluding hydrogens is 336 g/mol. The van der Waals surface area contributed by atoms with Crippen molar-refractivity contribution in [2.24, 2.45) is 0 Å². The standard InChI is InChI=1S/C20H34O6/c21-17(11-6-2-1-3-9-15-19(23)24)12-7-4-5-8-13-18(22)14-10-16-20(25)26/h2,4-6,8,13,17-19,21-24H,1,3,7,9-12,14-16H2,(H,25,26)/p-1/b5-4+,6-2-,13-8-/t17-,18-/m1/s1. The number of carboxylic acid groups (broad SMARTS) is 1. The normalized spacial score (nSPS) is 14.8. The third kappa shape index (κ3) is 18.9. The summed E-state index contributed by atoms with van der Waals surface area (Å²) in [6.45, 7) is 0. The van der Waals surface area contributed by atoms with Crippen molar-refractivity contribution in [2.45, 2.75) is 82.7 Å². The number of hydrogen-bond acceptors (Lipinski definition) is 6. The van der Waals surface area contributed by atoms with E-state index in [1.165, 1.54) is 0 Å². The SMILES string of the molecule is O=C([O-])CCC[C@H](O)/C=C\C=C\CC[C@H](O)C/C=C\CCCCC(O)O. The van der Waals surface area contributed by atoms with Crippen molar-refractivity contribution < 1.29 is 30.3 Å². The van der Waals surface area contributed by atoms with Gasteiger partial charge in [0.25, 0.3) is 0 Å². The zero-order valence-corrected chi connectivity index (χ0v) is 15.4. The first-order chi connectivity index (χ1) is 12.4. The van der Waals surface area contributed by atoms with E-state index < -0.39 is 24.5 Å².